The van der Waals surface area contributed by atoms with Gasteiger partial charge in [-0.15, -0.1) is 0 Å². The highest BCUT2D eigenvalue weighted by molar-refractivity contribution is 6.30. The summed E-state index contributed by atoms with van der Waals surface area (Å²) in [6.07, 6.45) is 0. The molecule has 0 saturated carbocycles. The van der Waals surface area contributed by atoms with E-state index in [1.807, 2.05) is 0 Å². The van der Waals surface area contributed by atoms with Crippen molar-refractivity contribution in [2.75, 3.05) is 0 Å². The van der Waals surface area contributed by atoms with E-state index in [4.69, 9.17) is 11.6 Å². The van der Waals surface area contributed by atoms with Crippen molar-refractivity contribution < 1.29 is 9.50 Å². The third-order valence-corrected chi connectivity index (χ3v) is 3.01. The maximum atomic E-state index is 13.0. The molecule has 2 aromatic rings. The third-order valence-electron chi connectivity index (χ3n) is 2.72. The minimum Gasteiger partial charge on any atom is -0.494 e. The molecule has 1 aromatic heterocycles. The van der Waals surface area contributed by atoms with Gasteiger partial charge in [0.05, 0.1) is 17.1 Å². The Morgan fingerprint density at radius 2 is 2.11 bits per heavy atom. The Morgan fingerprint density at radius 1 is 1.42 bits per heavy atom. The molecule has 0 fully saturated rings. The number of benzene rings is 1. The second kappa shape index (κ2) is 4.89. The van der Waals surface area contributed by atoms with E-state index >= 15 is 0 Å². The molecule has 0 unspecified atom stereocenters. The van der Waals surface area contributed by atoms with Crippen LogP contribution in [0.3, 0.4) is 0 Å². The fraction of sp³-hybridized carbons (Fsp3) is 0.167. The number of aromatic amines is 1. The van der Waals surface area contributed by atoms with Crippen molar-refractivity contribution in [1.82, 2.24) is 9.55 Å². The number of halogens is 2. The minimum absolute atomic E-state index is 0.0255. The largest absolute Gasteiger partial charge is 0.494 e. The topological polar surface area (TPSA) is 75.1 Å². The zero-order chi connectivity index (χ0) is 14.2. The average Bonchev–Trinajstić information content (AvgIpc) is 2.36. The lowest BCUT2D eigenvalue weighted by Gasteiger charge is -2.09. The smallest absolute Gasteiger partial charge is 0.331 e. The van der Waals surface area contributed by atoms with Gasteiger partial charge in [-0.2, -0.15) is 0 Å². The van der Waals surface area contributed by atoms with Gasteiger partial charge in [0.1, 0.15) is 5.82 Å². The molecule has 7 heteroatoms. The van der Waals surface area contributed by atoms with Crippen molar-refractivity contribution >= 4 is 11.6 Å². The van der Waals surface area contributed by atoms with Crippen LogP contribution in [0.2, 0.25) is 5.02 Å². The molecule has 100 valence electrons. The second-order valence-corrected chi connectivity index (χ2v) is 4.45. The van der Waals surface area contributed by atoms with Crippen LogP contribution in [0, 0.1) is 12.7 Å². The molecular formula is C12H10ClFN2O3. The summed E-state index contributed by atoms with van der Waals surface area (Å²) in [5.41, 5.74) is -0.826. The van der Waals surface area contributed by atoms with Gasteiger partial charge in [0.15, 0.2) is 0 Å². The van der Waals surface area contributed by atoms with Crippen LogP contribution in [0.1, 0.15) is 11.1 Å². The van der Waals surface area contributed by atoms with Crippen LogP contribution in [0.15, 0.2) is 27.8 Å². The van der Waals surface area contributed by atoms with Crippen molar-refractivity contribution in [1.29, 1.82) is 0 Å². The SMILES string of the molecule is Cc1c(O)n(Cc2ccc(F)c(Cl)c2)c(=O)[nH]c1=O. The summed E-state index contributed by atoms with van der Waals surface area (Å²) < 4.78 is 14.0. The van der Waals surface area contributed by atoms with Gasteiger partial charge >= 0.3 is 5.69 Å². The molecule has 0 radical (unpaired) electrons. The highest BCUT2D eigenvalue weighted by Gasteiger charge is 2.11. The van der Waals surface area contributed by atoms with Crippen LogP contribution >= 0.6 is 11.6 Å². The van der Waals surface area contributed by atoms with E-state index in [2.05, 4.69) is 4.98 Å². The Morgan fingerprint density at radius 3 is 2.74 bits per heavy atom. The fourth-order valence-corrected chi connectivity index (χ4v) is 1.83. The summed E-state index contributed by atoms with van der Waals surface area (Å²) in [6, 6.07) is 3.95. The second-order valence-electron chi connectivity index (χ2n) is 4.04. The van der Waals surface area contributed by atoms with Gasteiger partial charge in [0.2, 0.25) is 5.88 Å². The molecule has 0 aliphatic rings. The minimum atomic E-state index is -0.742. The van der Waals surface area contributed by atoms with Gasteiger partial charge in [0, 0.05) is 0 Å². The van der Waals surface area contributed by atoms with E-state index in [0.29, 0.717) is 5.56 Å². The summed E-state index contributed by atoms with van der Waals surface area (Å²) in [6.45, 7) is 1.37. The number of aromatic nitrogens is 2. The lowest BCUT2D eigenvalue weighted by atomic mass is 10.2. The summed E-state index contributed by atoms with van der Waals surface area (Å²) in [5, 5.41) is 9.70. The first kappa shape index (κ1) is 13.4. The molecule has 0 saturated heterocycles. The Hall–Kier alpha value is -2.08. The van der Waals surface area contributed by atoms with E-state index in [-0.39, 0.29) is 17.1 Å². The quantitative estimate of drug-likeness (QED) is 0.875. The summed E-state index contributed by atoms with van der Waals surface area (Å²) in [7, 11) is 0. The maximum Gasteiger partial charge on any atom is 0.331 e. The number of hydrogen-bond donors (Lipinski definition) is 2. The Kier molecular flexibility index (Phi) is 3.44. The van der Waals surface area contributed by atoms with Crippen LogP contribution in [0.25, 0.3) is 0 Å². The monoisotopic (exact) mass is 284 g/mol. The molecule has 0 atom stereocenters. The molecule has 19 heavy (non-hydrogen) atoms. The summed E-state index contributed by atoms with van der Waals surface area (Å²) in [5.74, 6) is -0.992. The van der Waals surface area contributed by atoms with Gasteiger partial charge in [-0.3, -0.25) is 14.3 Å². The van der Waals surface area contributed by atoms with Crippen molar-refractivity contribution in [3.05, 3.63) is 61.0 Å². The van der Waals surface area contributed by atoms with Crippen molar-refractivity contribution in [3.63, 3.8) is 0 Å². The van der Waals surface area contributed by atoms with Crippen molar-refractivity contribution in [2.45, 2.75) is 13.5 Å². The number of H-pyrrole nitrogens is 1. The lowest BCUT2D eigenvalue weighted by Crippen LogP contribution is -2.31. The van der Waals surface area contributed by atoms with Gasteiger partial charge in [-0.05, 0) is 24.6 Å². The summed E-state index contributed by atoms with van der Waals surface area (Å²) >= 11 is 5.63. The number of aromatic hydroxyl groups is 1. The zero-order valence-electron chi connectivity index (χ0n) is 9.91. The molecule has 0 bridgehead atoms. The number of rotatable bonds is 2. The van der Waals surface area contributed by atoms with E-state index < -0.39 is 22.9 Å². The first-order valence-electron chi connectivity index (χ1n) is 5.36. The first-order valence-corrected chi connectivity index (χ1v) is 5.74. The van der Waals surface area contributed by atoms with Crippen LogP contribution in [-0.4, -0.2) is 14.7 Å². The van der Waals surface area contributed by atoms with Crippen LogP contribution < -0.4 is 11.2 Å². The van der Waals surface area contributed by atoms with E-state index in [9.17, 15) is 19.1 Å². The first-order chi connectivity index (χ1) is 8.90. The number of hydrogen-bond acceptors (Lipinski definition) is 3. The van der Waals surface area contributed by atoms with Gasteiger partial charge in [-0.25, -0.2) is 9.18 Å². The van der Waals surface area contributed by atoms with E-state index in [1.165, 1.54) is 19.1 Å². The molecule has 0 amide bonds. The molecule has 1 aromatic carbocycles. The molecular weight excluding hydrogens is 275 g/mol. The average molecular weight is 285 g/mol. The molecule has 2 N–H and O–H groups in total. The third kappa shape index (κ3) is 2.53. The molecule has 2 rings (SSSR count). The van der Waals surface area contributed by atoms with E-state index in [1.54, 1.807) is 0 Å². The molecule has 1 heterocycles. The Balaban J connectivity index is 2.49. The number of nitrogens with one attached hydrogen (secondary N) is 1. The Bertz CT molecular complexity index is 752. The highest BCUT2D eigenvalue weighted by Crippen LogP contribution is 2.18. The highest BCUT2D eigenvalue weighted by atomic mass is 35.5. The van der Waals surface area contributed by atoms with Crippen LogP contribution in [0.5, 0.6) is 5.88 Å². The van der Waals surface area contributed by atoms with Gasteiger partial charge < -0.3 is 5.11 Å². The predicted molar refractivity (Wildman–Crippen MR) is 68.2 cm³/mol. The molecule has 0 aliphatic carbocycles. The molecule has 0 spiro atoms. The van der Waals surface area contributed by atoms with Crippen molar-refractivity contribution in [3.8, 4) is 5.88 Å². The zero-order valence-corrected chi connectivity index (χ0v) is 10.7. The van der Waals surface area contributed by atoms with Crippen molar-refractivity contribution in [2.24, 2.45) is 0 Å². The Labute approximate surface area is 111 Å². The standard InChI is InChI=1S/C12H10ClFN2O3/c1-6-10(17)15-12(19)16(11(6)18)5-7-2-3-9(14)8(13)4-7/h2-4,18H,5H2,1H3,(H,15,17,19). The molecule has 5 nitrogen and oxygen atoms in total. The van der Waals surface area contributed by atoms with Crippen LogP contribution in [0.4, 0.5) is 4.39 Å². The van der Waals surface area contributed by atoms with Crippen LogP contribution in [-0.2, 0) is 6.54 Å². The van der Waals surface area contributed by atoms with Gasteiger partial charge in [-0.1, -0.05) is 17.7 Å². The molecule has 0 aliphatic heterocycles. The number of nitrogens with zero attached hydrogens (tertiary/aromatic N) is 1. The fourth-order valence-electron chi connectivity index (χ4n) is 1.63. The predicted octanol–water partition coefficient (Wildman–Crippen LogP) is 1.39. The maximum absolute atomic E-state index is 13.0. The lowest BCUT2D eigenvalue weighted by molar-refractivity contribution is 0.404. The summed E-state index contributed by atoms with van der Waals surface area (Å²) in [4.78, 5) is 25.0. The van der Waals surface area contributed by atoms with E-state index in [0.717, 1.165) is 10.6 Å². The van der Waals surface area contributed by atoms with Gasteiger partial charge in [0.25, 0.3) is 5.56 Å². The normalized spacial score (nSPS) is 10.7.